The van der Waals surface area contributed by atoms with Crippen LogP contribution in [0.5, 0.6) is 0 Å². The van der Waals surface area contributed by atoms with Gasteiger partial charge < -0.3 is 5.11 Å². The molecule has 2 aromatic carbocycles. The average molecular weight is 375 g/mol. The van der Waals surface area contributed by atoms with Crippen LogP contribution in [-0.2, 0) is 16.6 Å². The van der Waals surface area contributed by atoms with Crippen molar-refractivity contribution in [1.29, 1.82) is 0 Å². The molecule has 110 valence electrons. The Morgan fingerprint density at radius 3 is 2.57 bits per heavy atom. The highest BCUT2D eigenvalue weighted by Gasteiger charge is 2.16. The Bertz CT molecular complexity index is 734. The fourth-order valence-corrected chi connectivity index (χ4v) is 3.50. The number of carbonyl (C=O) groups is 1. The van der Waals surface area contributed by atoms with Crippen LogP contribution in [0, 0.1) is 11.6 Å². The van der Waals surface area contributed by atoms with Gasteiger partial charge in [-0.25, -0.2) is 13.6 Å². The summed E-state index contributed by atoms with van der Waals surface area (Å²) in [5.41, 5.74) is 0.256. The van der Waals surface area contributed by atoms with Gasteiger partial charge in [-0.15, -0.1) is 0 Å². The zero-order valence-corrected chi connectivity index (χ0v) is 12.9. The predicted octanol–water partition coefficient (Wildman–Crippen LogP) is 3.73. The van der Waals surface area contributed by atoms with Gasteiger partial charge in [-0.05, 0) is 45.8 Å². The van der Waals surface area contributed by atoms with Gasteiger partial charge in [-0.3, -0.25) is 4.21 Å². The fourth-order valence-electron chi connectivity index (χ4n) is 1.69. The zero-order valence-electron chi connectivity index (χ0n) is 10.5. The van der Waals surface area contributed by atoms with Crippen LogP contribution in [0.4, 0.5) is 8.78 Å². The van der Waals surface area contributed by atoms with Crippen molar-refractivity contribution in [3.05, 3.63) is 63.6 Å². The molecule has 0 aliphatic carbocycles. The van der Waals surface area contributed by atoms with Gasteiger partial charge in [0.25, 0.3) is 0 Å². The Hall–Kier alpha value is -1.60. The lowest BCUT2D eigenvalue weighted by molar-refractivity contribution is 0.0696. The monoisotopic (exact) mass is 374 g/mol. The molecule has 1 atom stereocenters. The molecule has 1 unspecified atom stereocenters. The van der Waals surface area contributed by atoms with E-state index < -0.39 is 28.4 Å². The van der Waals surface area contributed by atoms with Crippen molar-refractivity contribution in [3.8, 4) is 0 Å². The summed E-state index contributed by atoms with van der Waals surface area (Å²) in [6.07, 6.45) is 0. The average Bonchev–Trinajstić information content (AvgIpc) is 2.44. The number of rotatable bonds is 4. The molecule has 0 fully saturated rings. The van der Waals surface area contributed by atoms with E-state index in [1.165, 1.54) is 12.1 Å². The first kappa shape index (κ1) is 15.8. The highest BCUT2D eigenvalue weighted by atomic mass is 79.9. The largest absolute Gasteiger partial charge is 0.478 e. The predicted molar refractivity (Wildman–Crippen MR) is 77.6 cm³/mol. The molecule has 0 radical (unpaired) electrons. The summed E-state index contributed by atoms with van der Waals surface area (Å²) in [6.45, 7) is 0. The van der Waals surface area contributed by atoms with Crippen LogP contribution >= 0.6 is 15.9 Å². The van der Waals surface area contributed by atoms with Gasteiger partial charge in [0.15, 0.2) is 0 Å². The summed E-state index contributed by atoms with van der Waals surface area (Å²) in [7, 11) is -1.83. The first-order valence-electron chi connectivity index (χ1n) is 5.74. The molecule has 3 nitrogen and oxygen atoms in total. The number of carboxylic acids is 1. The van der Waals surface area contributed by atoms with Crippen LogP contribution in [0.3, 0.4) is 0 Å². The zero-order chi connectivity index (χ0) is 15.6. The van der Waals surface area contributed by atoms with Crippen molar-refractivity contribution >= 4 is 32.7 Å². The van der Waals surface area contributed by atoms with Gasteiger partial charge >= 0.3 is 5.97 Å². The van der Waals surface area contributed by atoms with E-state index in [0.717, 1.165) is 18.2 Å². The summed E-state index contributed by atoms with van der Waals surface area (Å²) in [6, 6.07) is 7.33. The maximum absolute atomic E-state index is 13.7. The molecule has 1 N–H and O–H groups in total. The third kappa shape index (κ3) is 3.54. The molecule has 0 spiro atoms. The van der Waals surface area contributed by atoms with Crippen LogP contribution in [0.1, 0.15) is 15.9 Å². The molecule has 2 rings (SSSR count). The number of aromatic carboxylic acids is 1. The number of halogens is 3. The summed E-state index contributed by atoms with van der Waals surface area (Å²) >= 11 is 3.04. The van der Waals surface area contributed by atoms with E-state index in [-0.39, 0.29) is 20.7 Å². The smallest absolute Gasteiger partial charge is 0.335 e. The molecule has 0 heterocycles. The maximum atomic E-state index is 13.7. The van der Waals surface area contributed by atoms with Crippen LogP contribution in [-0.4, -0.2) is 15.3 Å². The minimum absolute atomic E-state index is 0.127. The number of benzene rings is 2. The molecule has 0 saturated carbocycles. The minimum atomic E-state index is -1.83. The van der Waals surface area contributed by atoms with E-state index in [4.69, 9.17) is 5.11 Å². The molecule has 0 aliphatic heterocycles. The molecule has 0 bridgehead atoms. The molecular formula is C14H9BrF2O3S. The second-order valence-corrected chi connectivity index (χ2v) is 6.37. The van der Waals surface area contributed by atoms with Gasteiger partial charge in [0, 0.05) is 0 Å². The molecule has 0 saturated heterocycles. The standard InChI is InChI=1S/C14H9BrF2O3S/c15-13-9(2-1-3-11(13)17)7-21(20)12-6-8(14(18)19)4-5-10(12)16/h1-6H,7H2,(H,18,19). The van der Waals surface area contributed by atoms with E-state index in [1.807, 2.05) is 0 Å². The Kier molecular flexibility index (Phi) is 4.84. The maximum Gasteiger partial charge on any atom is 0.335 e. The van der Waals surface area contributed by atoms with E-state index in [2.05, 4.69) is 15.9 Å². The number of carboxylic acid groups (broad SMARTS) is 1. The van der Waals surface area contributed by atoms with Gasteiger partial charge in [0.05, 0.1) is 31.5 Å². The molecule has 0 aliphatic rings. The lowest BCUT2D eigenvalue weighted by Crippen LogP contribution is -2.04. The summed E-state index contributed by atoms with van der Waals surface area (Å²) in [4.78, 5) is 10.6. The molecule has 0 amide bonds. The highest BCUT2D eigenvalue weighted by molar-refractivity contribution is 9.10. The van der Waals surface area contributed by atoms with Crippen LogP contribution in [0.15, 0.2) is 45.8 Å². The van der Waals surface area contributed by atoms with Crippen molar-refractivity contribution in [2.75, 3.05) is 0 Å². The lowest BCUT2D eigenvalue weighted by Gasteiger charge is -2.07. The topological polar surface area (TPSA) is 54.4 Å². The van der Waals surface area contributed by atoms with Gasteiger partial charge in [-0.2, -0.15) is 0 Å². The van der Waals surface area contributed by atoms with Crippen molar-refractivity contribution in [3.63, 3.8) is 0 Å². The molecule has 2 aromatic rings. The normalized spacial score (nSPS) is 12.1. The molecular weight excluding hydrogens is 366 g/mol. The first-order chi connectivity index (χ1) is 9.90. The Morgan fingerprint density at radius 2 is 1.90 bits per heavy atom. The van der Waals surface area contributed by atoms with Gasteiger partial charge in [0.1, 0.15) is 11.6 Å². The number of hydrogen-bond acceptors (Lipinski definition) is 2. The van der Waals surface area contributed by atoms with Crippen LogP contribution in [0.25, 0.3) is 0 Å². The fraction of sp³-hybridized carbons (Fsp3) is 0.0714. The van der Waals surface area contributed by atoms with Crippen LogP contribution < -0.4 is 0 Å². The van der Waals surface area contributed by atoms with Crippen molar-refractivity contribution < 1.29 is 22.9 Å². The van der Waals surface area contributed by atoms with Crippen molar-refractivity contribution in [1.82, 2.24) is 0 Å². The van der Waals surface area contributed by atoms with Crippen molar-refractivity contribution in [2.24, 2.45) is 0 Å². The lowest BCUT2D eigenvalue weighted by atomic mass is 10.2. The first-order valence-corrected chi connectivity index (χ1v) is 7.85. The van der Waals surface area contributed by atoms with Gasteiger partial charge in [0.2, 0.25) is 0 Å². The summed E-state index contributed by atoms with van der Waals surface area (Å²) in [5, 5.41) is 8.87. The highest BCUT2D eigenvalue weighted by Crippen LogP contribution is 2.24. The molecule has 21 heavy (non-hydrogen) atoms. The third-order valence-corrected chi connectivity index (χ3v) is 5.01. The Balaban J connectivity index is 2.34. The second kappa shape index (κ2) is 6.44. The van der Waals surface area contributed by atoms with Crippen LogP contribution in [0.2, 0.25) is 0 Å². The third-order valence-electron chi connectivity index (χ3n) is 2.74. The van der Waals surface area contributed by atoms with E-state index in [1.54, 1.807) is 6.07 Å². The van der Waals surface area contributed by atoms with Gasteiger partial charge in [-0.1, -0.05) is 12.1 Å². The Labute approximate surface area is 130 Å². The SMILES string of the molecule is O=C(O)c1ccc(F)c(S(=O)Cc2cccc(F)c2Br)c1. The van der Waals surface area contributed by atoms with E-state index in [0.29, 0.717) is 5.56 Å². The quantitative estimate of drug-likeness (QED) is 0.886. The molecule has 7 heteroatoms. The van der Waals surface area contributed by atoms with E-state index in [9.17, 15) is 17.8 Å². The summed E-state index contributed by atoms with van der Waals surface area (Å²) < 4.78 is 39.4. The molecule has 0 aromatic heterocycles. The number of hydrogen-bond donors (Lipinski definition) is 1. The van der Waals surface area contributed by atoms with E-state index >= 15 is 0 Å². The second-order valence-electron chi connectivity index (χ2n) is 4.15. The summed E-state index contributed by atoms with van der Waals surface area (Å²) in [5.74, 6) is -2.63. The minimum Gasteiger partial charge on any atom is -0.478 e. The Morgan fingerprint density at radius 1 is 1.19 bits per heavy atom. The van der Waals surface area contributed by atoms with Crippen molar-refractivity contribution in [2.45, 2.75) is 10.6 Å².